The molecule has 6 nitrogen and oxygen atoms in total. The highest BCUT2D eigenvalue weighted by Crippen LogP contribution is 2.34. The average molecular weight is 535 g/mol. The van der Waals surface area contributed by atoms with Crippen molar-refractivity contribution in [3.63, 3.8) is 0 Å². The fraction of sp³-hybridized carbons (Fsp3) is 0.957. The largest absolute Gasteiger partial charge is 0.376 e. The van der Waals surface area contributed by atoms with Gasteiger partial charge in [0.15, 0.2) is 5.96 Å². The number of guanidine groups is 1. The number of halogens is 1. The fourth-order valence-corrected chi connectivity index (χ4v) is 4.62. The highest BCUT2D eigenvalue weighted by molar-refractivity contribution is 14.0. The molecule has 0 amide bonds. The van der Waals surface area contributed by atoms with Crippen molar-refractivity contribution in [2.45, 2.75) is 83.0 Å². The third kappa shape index (κ3) is 8.10. The molecule has 4 fully saturated rings. The molecule has 1 atom stereocenters. The van der Waals surface area contributed by atoms with Crippen LogP contribution in [-0.2, 0) is 9.47 Å². The molecule has 4 aliphatic rings. The Bertz CT molecular complexity index is 513. The number of nitrogens with zero attached hydrogens (tertiary/aromatic N) is 3. The lowest BCUT2D eigenvalue weighted by Gasteiger charge is -2.35. The van der Waals surface area contributed by atoms with E-state index in [2.05, 4.69) is 22.0 Å². The van der Waals surface area contributed by atoms with Crippen molar-refractivity contribution in [1.82, 2.24) is 15.1 Å². The van der Waals surface area contributed by atoms with Gasteiger partial charge in [-0.05, 0) is 70.6 Å². The quantitative estimate of drug-likeness (QED) is 0.264. The van der Waals surface area contributed by atoms with Crippen LogP contribution in [0.25, 0.3) is 0 Å². The van der Waals surface area contributed by atoms with Gasteiger partial charge in [0.25, 0.3) is 0 Å². The SMILES string of the molecule is CCNC(=NCCN(CC1CC1)C1CC1)N1CCC(OCC2CCCCO2)CC1.I. The lowest BCUT2D eigenvalue weighted by molar-refractivity contribution is -0.0721. The van der Waals surface area contributed by atoms with Crippen LogP contribution in [0.1, 0.15) is 64.7 Å². The molecule has 0 aromatic rings. The van der Waals surface area contributed by atoms with Crippen molar-refractivity contribution in [2.24, 2.45) is 10.9 Å². The molecule has 0 radical (unpaired) electrons. The predicted octanol–water partition coefficient (Wildman–Crippen LogP) is 3.49. The molecule has 0 spiro atoms. The molecule has 2 heterocycles. The van der Waals surface area contributed by atoms with Crippen LogP contribution in [0.4, 0.5) is 0 Å². The van der Waals surface area contributed by atoms with E-state index in [9.17, 15) is 0 Å². The smallest absolute Gasteiger partial charge is 0.193 e. The van der Waals surface area contributed by atoms with Gasteiger partial charge in [-0.2, -0.15) is 0 Å². The van der Waals surface area contributed by atoms with Crippen LogP contribution in [0.3, 0.4) is 0 Å². The van der Waals surface area contributed by atoms with Gasteiger partial charge in [-0.3, -0.25) is 9.89 Å². The fourth-order valence-electron chi connectivity index (χ4n) is 4.62. The summed E-state index contributed by atoms with van der Waals surface area (Å²) in [6.07, 6.45) is 12.2. The van der Waals surface area contributed by atoms with Crippen LogP contribution >= 0.6 is 24.0 Å². The van der Waals surface area contributed by atoms with Crippen LogP contribution in [0.2, 0.25) is 0 Å². The normalized spacial score (nSPS) is 26.0. The number of hydrogen-bond donors (Lipinski definition) is 1. The van der Waals surface area contributed by atoms with Gasteiger partial charge in [-0.1, -0.05) is 0 Å². The Morgan fingerprint density at radius 3 is 2.53 bits per heavy atom. The maximum Gasteiger partial charge on any atom is 0.193 e. The monoisotopic (exact) mass is 534 g/mol. The van der Waals surface area contributed by atoms with Crippen LogP contribution in [0.5, 0.6) is 0 Å². The van der Waals surface area contributed by atoms with Crippen molar-refractivity contribution < 1.29 is 9.47 Å². The maximum absolute atomic E-state index is 6.18. The zero-order chi connectivity index (χ0) is 19.9. The van der Waals surface area contributed by atoms with Crippen LogP contribution in [0, 0.1) is 5.92 Å². The summed E-state index contributed by atoms with van der Waals surface area (Å²) in [5, 5.41) is 3.52. The van der Waals surface area contributed by atoms with Gasteiger partial charge < -0.3 is 19.7 Å². The van der Waals surface area contributed by atoms with Crippen molar-refractivity contribution in [3.8, 4) is 0 Å². The van der Waals surface area contributed by atoms with Crippen molar-refractivity contribution in [1.29, 1.82) is 0 Å². The van der Waals surface area contributed by atoms with Gasteiger partial charge in [-0.25, -0.2) is 0 Å². The van der Waals surface area contributed by atoms with Crippen molar-refractivity contribution in [3.05, 3.63) is 0 Å². The third-order valence-electron chi connectivity index (χ3n) is 6.77. The first-order valence-electron chi connectivity index (χ1n) is 12.3. The second-order valence-corrected chi connectivity index (χ2v) is 9.41. The van der Waals surface area contributed by atoms with Gasteiger partial charge in [0, 0.05) is 45.4 Å². The Morgan fingerprint density at radius 2 is 1.90 bits per heavy atom. The van der Waals surface area contributed by atoms with E-state index in [1.807, 2.05) is 0 Å². The van der Waals surface area contributed by atoms with E-state index in [0.29, 0.717) is 12.2 Å². The molecule has 174 valence electrons. The van der Waals surface area contributed by atoms with E-state index in [0.717, 1.165) is 83.1 Å². The Morgan fingerprint density at radius 1 is 1.10 bits per heavy atom. The summed E-state index contributed by atoms with van der Waals surface area (Å²) in [5.74, 6) is 2.08. The molecule has 7 heteroatoms. The number of hydrogen-bond acceptors (Lipinski definition) is 4. The van der Waals surface area contributed by atoms with Gasteiger partial charge in [0.1, 0.15) is 0 Å². The molecule has 2 saturated carbocycles. The molecule has 2 saturated heterocycles. The van der Waals surface area contributed by atoms with E-state index in [4.69, 9.17) is 14.5 Å². The molecular weight excluding hydrogens is 491 g/mol. The number of aliphatic imine (C=N–C) groups is 1. The predicted molar refractivity (Wildman–Crippen MR) is 133 cm³/mol. The number of likely N-dealkylation sites (tertiary alicyclic amines) is 1. The molecule has 2 aliphatic heterocycles. The number of piperidine rings is 1. The number of ether oxygens (including phenoxy) is 2. The minimum Gasteiger partial charge on any atom is -0.376 e. The third-order valence-corrected chi connectivity index (χ3v) is 6.77. The van der Waals surface area contributed by atoms with Gasteiger partial charge in [0.05, 0.1) is 25.4 Å². The Labute approximate surface area is 200 Å². The second-order valence-electron chi connectivity index (χ2n) is 9.41. The Kier molecular flexibility index (Phi) is 10.5. The molecule has 30 heavy (non-hydrogen) atoms. The summed E-state index contributed by atoms with van der Waals surface area (Å²) >= 11 is 0. The highest BCUT2D eigenvalue weighted by Gasteiger charge is 2.33. The first-order valence-corrected chi connectivity index (χ1v) is 12.3. The van der Waals surface area contributed by atoms with E-state index < -0.39 is 0 Å². The molecule has 2 aliphatic carbocycles. The van der Waals surface area contributed by atoms with Gasteiger partial charge >= 0.3 is 0 Å². The molecule has 4 rings (SSSR count). The Hall–Kier alpha value is -0.120. The maximum atomic E-state index is 6.18. The summed E-state index contributed by atoms with van der Waals surface area (Å²) in [7, 11) is 0. The van der Waals surface area contributed by atoms with Crippen LogP contribution < -0.4 is 5.32 Å². The minimum absolute atomic E-state index is 0. The summed E-state index contributed by atoms with van der Waals surface area (Å²) in [5.41, 5.74) is 0. The molecule has 0 bridgehead atoms. The average Bonchev–Trinajstić information content (AvgIpc) is 3.66. The summed E-state index contributed by atoms with van der Waals surface area (Å²) < 4.78 is 12.0. The van der Waals surface area contributed by atoms with Crippen LogP contribution in [0.15, 0.2) is 4.99 Å². The topological polar surface area (TPSA) is 49.3 Å². The molecule has 0 aromatic heterocycles. The van der Waals surface area contributed by atoms with E-state index >= 15 is 0 Å². The molecular formula is C23H43IN4O2. The lowest BCUT2D eigenvalue weighted by Crippen LogP contribution is -2.47. The Balaban J connectivity index is 0.00000256. The standard InChI is InChI=1S/C23H42N4O2.HI/c1-2-24-23(25-12-15-27(20-8-9-20)17-19-6-7-19)26-13-10-21(11-14-26)29-18-22-5-3-4-16-28-22;/h19-22H,2-18H2,1H3,(H,24,25);1H. The molecule has 1 N–H and O–H groups in total. The minimum atomic E-state index is 0. The lowest BCUT2D eigenvalue weighted by atomic mass is 10.1. The van der Waals surface area contributed by atoms with Gasteiger partial charge in [0.2, 0.25) is 0 Å². The van der Waals surface area contributed by atoms with E-state index in [1.54, 1.807) is 0 Å². The molecule has 0 aromatic carbocycles. The highest BCUT2D eigenvalue weighted by atomic mass is 127. The second kappa shape index (κ2) is 12.8. The summed E-state index contributed by atoms with van der Waals surface area (Å²) in [6.45, 7) is 10.2. The van der Waals surface area contributed by atoms with E-state index in [-0.39, 0.29) is 24.0 Å². The number of rotatable bonds is 10. The van der Waals surface area contributed by atoms with E-state index in [1.165, 1.54) is 45.1 Å². The van der Waals surface area contributed by atoms with Gasteiger partial charge in [-0.15, -0.1) is 24.0 Å². The van der Waals surface area contributed by atoms with Crippen LogP contribution in [-0.4, -0.2) is 86.5 Å². The first-order chi connectivity index (χ1) is 14.3. The zero-order valence-electron chi connectivity index (χ0n) is 18.9. The first kappa shape index (κ1) is 24.5. The number of nitrogens with one attached hydrogen (secondary N) is 1. The summed E-state index contributed by atoms with van der Waals surface area (Å²) in [6, 6.07) is 0.856. The zero-order valence-corrected chi connectivity index (χ0v) is 21.2. The van der Waals surface area contributed by atoms with Crippen molar-refractivity contribution in [2.75, 3.05) is 52.5 Å². The molecule has 1 unspecified atom stereocenters. The van der Waals surface area contributed by atoms with Crippen molar-refractivity contribution >= 4 is 29.9 Å². The summed E-state index contributed by atoms with van der Waals surface area (Å²) in [4.78, 5) is 10.1.